The minimum absolute atomic E-state index is 0.0881. The normalized spacial score (nSPS) is 11.7. The molecule has 4 heteroatoms. The standard InChI is InChI=1S/C11H18O4/c1-11(2,3)15-10(14)8-6-4-5-7-9(12)13/h4,6H,5,7-8H2,1-3H3,(H,12,13). The predicted octanol–water partition coefficient (Wildman–Crippen LogP) is 2.14. The van der Waals surface area contributed by atoms with E-state index in [2.05, 4.69) is 0 Å². The van der Waals surface area contributed by atoms with Gasteiger partial charge in [0.2, 0.25) is 0 Å². The lowest BCUT2D eigenvalue weighted by Crippen LogP contribution is -2.23. The molecule has 0 rings (SSSR count). The highest BCUT2D eigenvalue weighted by Crippen LogP contribution is 2.08. The van der Waals surface area contributed by atoms with Gasteiger partial charge < -0.3 is 9.84 Å². The molecule has 0 aliphatic heterocycles. The molecule has 0 aromatic rings. The van der Waals surface area contributed by atoms with Gasteiger partial charge in [0.1, 0.15) is 5.60 Å². The van der Waals surface area contributed by atoms with Crippen molar-refractivity contribution < 1.29 is 19.4 Å². The van der Waals surface area contributed by atoms with Gasteiger partial charge in [-0.1, -0.05) is 12.2 Å². The van der Waals surface area contributed by atoms with E-state index in [1.54, 1.807) is 32.9 Å². The highest BCUT2D eigenvalue weighted by atomic mass is 16.6. The molecule has 1 N–H and O–H groups in total. The summed E-state index contributed by atoms with van der Waals surface area (Å²) in [5.74, 6) is -1.13. The van der Waals surface area contributed by atoms with Gasteiger partial charge in [-0.25, -0.2) is 0 Å². The van der Waals surface area contributed by atoms with Crippen molar-refractivity contribution in [3.63, 3.8) is 0 Å². The molecule has 0 amide bonds. The summed E-state index contributed by atoms with van der Waals surface area (Å²) in [6.45, 7) is 5.41. The van der Waals surface area contributed by atoms with Crippen LogP contribution in [0.5, 0.6) is 0 Å². The van der Waals surface area contributed by atoms with Crippen LogP contribution in [0.2, 0.25) is 0 Å². The van der Waals surface area contributed by atoms with Gasteiger partial charge in [0.05, 0.1) is 6.42 Å². The smallest absolute Gasteiger partial charge is 0.310 e. The second kappa shape index (κ2) is 6.22. The SMILES string of the molecule is CC(C)(C)OC(=O)CC=CCCC(=O)O. The van der Waals surface area contributed by atoms with Crippen LogP contribution >= 0.6 is 0 Å². The van der Waals surface area contributed by atoms with Crippen molar-refractivity contribution in [3.05, 3.63) is 12.2 Å². The van der Waals surface area contributed by atoms with Crippen molar-refractivity contribution in [1.82, 2.24) is 0 Å². The van der Waals surface area contributed by atoms with E-state index in [9.17, 15) is 9.59 Å². The molecule has 0 bridgehead atoms. The average molecular weight is 214 g/mol. The summed E-state index contributed by atoms with van der Waals surface area (Å²) in [4.78, 5) is 21.3. The second-order valence-electron chi connectivity index (χ2n) is 4.19. The lowest BCUT2D eigenvalue weighted by Gasteiger charge is -2.18. The zero-order chi connectivity index (χ0) is 11.9. The van der Waals surface area contributed by atoms with Crippen LogP contribution < -0.4 is 0 Å². The first kappa shape index (κ1) is 13.7. The summed E-state index contributed by atoms with van der Waals surface area (Å²) in [5.41, 5.74) is -0.466. The van der Waals surface area contributed by atoms with E-state index in [-0.39, 0.29) is 18.8 Å². The number of esters is 1. The summed E-state index contributed by atoms with van der Waals surface area (Å²) < 4.78 is 5.06. The lowest BCUT2D eigenvalue weighted by atomic mass is 10.2. The molecule has 0 fully saturated rings. The number of carboxylic acids is 1. The maximum Gasteiger partial charge on any atom is 0.310 e. The Morgan fingerprint density at radius 3 is 2.33 bits per heavy atom. The van der Waals surface area contributed by atoms with Crippen molar-refractivity contribution in [2.45, 2.75) is 45.6 Å². The number of rotatable bonds is 5. The number of hydrogen-bond donors (Lipinski definition) is 1. The quantitative estimate of drug-likeness (QED) is 0.562. The van der Waals surface area contributed by atoms with Gasteiger partial charge in [-0.3, -0.25) is 9.59 Å². The van der Waals surface area contributed by atoms with Gasteiger partial charge in [-0.2, -0.15) is 0 Å². The molecule has 0 aliphatic rings. The number of carboxylic acid groups (broad SMARTS) is 1. The van der Waals surface area contributed by atoms with Crippen molar-refractivity contribution >= 4 is 11.9 Å². The van der Waals surface area contributed by atoms with E-state index in [1.165, 1.54) is 0 Å². The third-order valence-corrected chi connectivity index (χ3v) is 1.40. The summed E-state index contributed by atoms with van der Waals surface area (Å²) in [6.07, 6.45) is 4.04. The Morgan fingerprint density at radius 1 is 1.27 bits per heavy atom. The van der Waals surface area contributed by atoms with E-state index in [0.717, 1.165) is 0 Å². The van der Waals surface area contributed by atoms with Gasteiger partial charge in [0, 0.05) is 6.42 Å². The van der Waals surface area contributed by atoms with Crippen molar-refractivity contribution in [1.29, 1.82) is 0 Å². The van der Waals surface area contributed by atoms with Crippen molar-refractivity contribution in [2.24, 2.45) is 0 Å². The molecule has 0 saturated carbocycles. The minimum Gasteiger partial charge on any atom is -0.481 e. The monoisotopic (exact) mass is 214 g/mol. The average Bonchev–Trinajstić information content (AvgIpc) is 1.99. The topological polar surface area (TPSA) is 63.6 Å². The Labute approximate surface area is 89.9 Å². The van der Waals surface area contributed by atoms with Crippen LogP contribution in [-0.4, -0.2) is 22.6 Å². The molecule has 0 atom stereocenters. The number of carbonyl (C=O) groups is 2. The molecule has 86 valence electrons. The van der Waals surface area contributed by atoms with Gasteiger partial charge >= 0.3 is 11.9 Å². The molecule has 0 saturated heterocycles. The van der Waals surface area contributed by atoms with E-state index in [1.807, 2.05) is 0 Å². The van der Waals surface area contributed by atoms with E-state index < -0.39 is 11.6 Å². The highest BCUT2D eigenvalue weighted by molar-refractivity contribution is 5.71. The summed E-state index contributed by atoms with van der Waals surface area (Å²) >= 11 is 0. The molecule has 0 aliphatic carbocycles. The molecule has 0 spiro atoms. The van der Waals surface area contributed by atoms with Crippen LogP contribution in [0.25, 0.3) is 0 Å². The molecule has 0 unspecified atom stereocenters. The molecular formula is C11H18O4. The lowest BCUT2D eigenvalue weighted by molar-refractivity contribution is -0.153. The molecule has 0 heterocycles. The number of ether oxygens (including phenoxy) is 1. The minimum atomic E-state index is -0.836. The van der Waals surface area contributed by atoms with Gasteiger partial charge in [-0.15, -0.1) is 0 Å². The van der Waals surface area contributed by atoms with Crippen LogP contribution in [0.1, 0.15) is 40.0 Å². The largest absolute Gasteiger partial charge is 0.481 e. The van der Waals surface area contributed by atoms with Gasteiger partial charge in [-0.05, 0) is 27.2 Å². The predicted molar refractivity (Wildman–Crippen MR) is 56.5 cm³/mol. The molecule has 15 heavy (non-hydrogen) atoms. The molecule has 0 radical (unpaired) electrons. The summed E-state index contributed by atoms with van der Waals surface area (Å²) in [5, 5.41) is 8.35. The van der Waals surface area contributed by atoms with Crippen LogP contribution in [-0.2, 0) is 14.3 Å². The number of carbonyl (C=O) groups excluding carboxylic acids is 1. The molecular weight excluding hydrogens is 196 g/mol. The van der Waals surface area contributed by atoms with Crippen LogP contribution in [0, 0.1) is 0 Å². The number of aliphatic carboxylic acids is 1. The molecule has 0 aromatic heterocycles. The fourth-order valence-electron chi connectivity index (χ4n) is 0.887. The van der Waals surface area contributed by atoms with Crippen LogP contribution in [0.3, 0.4) is 0 Å². The maximum atomic E-state index is 11.2. The fraction of sp³-hybridized carbons (Fsp3) is 0.636. The van der Waals surface area contributed by atoms with E-state index >= 15 is 0 Å². The van der Waals surface area contributed by atoms with Crippen molar-refractivity contribution in [2.75, 3.05) is 0 Å². The summed E-state index contributed by atoms with van der Waals surface area (Å²) in [6, 6.07) is 0. The van der Waals surface area contributed by atoms with E-state index in [0.29, 0.717) is 6.42 Å². The number of allylic oxidation sites excluding steroid dienone is 1. The zero-order valence-corrected chi connectivity index (χ0v) is 9.45. The Bertz CT molecular complexity index is 248. The second-order valence-corrected chi connectivity index (χ2v) is 4.19. The Hall–Kier alpha value is -1.32. The van der Waals surface area contributed by atoms with Gasteiger partial charge in [0.15, 0.2) is 0 Å². The Kier molecular flexibility index (Phi) is 5.67. The Balaban J connectivity index is 3.67. The van der Waals surface area contributed by atoms with Gasteiger partial charge in [0.25, 0.3) is 0 Å². The van der Waals surface area contributed by atoms with Crippen molar-refractivity contribution in [3.8, 4) is 0 Å². The zero-order valence-electron chi connectivity index (χ0n) is 9.45. The van der Waals surface area contributed by atoms with E-state index in [4.69, 9.17) is 9.84 Å². The first-order chi connectivity index (χ1) is 6.81. The third kappa shape index (κ3) is 10.6. The van der Waals surface area contributed by atoms with Crippen LogP contribution in [0.4, 0.5) is 0 Å². The molecule has 4 nitrogen and oxygen atoms in total. The molecule has 0 aromatic carbocycles. The first-order valence-electron chi connectivity index (χ1n) is 4.90. The third-order valence-electron chi connectivity index (χ3n) is 1.40. The van der Waals surface area contributed by atoms with Crippen LogP contribution in [0.15, 0.2) is 12.2 Å². The Morgan fingerprint density at radius 2 is 1.87 bits per heavy atom. The first-order valence-corrected chi connectivity index (χ1v) is 4.90. The summed E-state index contributed by atoms with van der Waals surface area (Å²) in [7, 11) is 0. The fourth-order valence-corrected chi connectivity index (χ4v) is 0.887. The highest BCUT2D eigenvalue weighted by Gasteiger charge is 2.14. The number of hydrogen-bond acceptors (Lipinski definition) is 3. The maximum absolute atomic E-state index is 11.2.